The van der Waals surface area contributed by atoms with Crippen LogP contribution < -0.4 is 20.1 Å². The molecule has 2 N–H and O–H groups in total. The average molecular weight is 398 g/mol. The van der Waals surface area contributed by atoms with Crippen molar-refractivity contribution in [3.8, 4) is 11.5 Å². The Balaban J connectivity index is 1.57. The van der Waals surface area contributed by atoms with Crippen LogP contribution in [0.4, 0.5) is 10.5 Å². The number of carbonyl (C=O) groups is 3. The number of rotatable bonds is 8. The molecule has 0 spiro atoms. The molecule has 1 unspecified atom stereocenters. The summed E-state index contributed by atoms with van der Waals surface area (Å²) in [7, 11) is 3.09. The second kappa shape index (κ2) is 9.05. The molecule has 0 radical (unpaired) electrons. The minimum absolute atomic E-state index is 0.139. The zero-order chi connectivity index (χ0) is 20.8. The first kappa shape index (κ1) is 20.1. The van der Waals surface area contributed by atoms with Crippen molar-refractivity contribution in [2.24, 2.45) is 0 Å². The number of anilines is 1. The van der Waals surface area contributed by atoms with Crippen molar-refractivity contribution in [1.82, 2.24) is 15.2 Å². The van der Waals surface area contributed by atoms with Crippen LogP contribution in [0, 0.1) is 0 Å². The number of aromatic nitrogens is 1. The van der Waals surface area contributed by atoms with Crippen LogP contribution in [0.2, 0.25) is 0 Å². The second-order valence-corrected chi connectivity index (χ2v) is 6.42. The van der Waals surface area contributed by atoms with Gasteiger partial charge in [0, 0.05) is 24.6 Å². The highest BCUT2D eigenvalue weighted by atomic mass is 16.5. The summed E-state index contributed by atoms with van der Waals surface area (Å²) >= 11 is 0. The quantitative estimate of drug-likeness (QED) is 0.654. The molecular weight excluding hydrogens is 376 g/mol. The summed E-state index contributed by atoms with van der Waals surface area (Å²) in [5.74, 6) is 0.399. The molecule has 0 aliphatic carbocycles. The summed E-state index contributed by atoms with van der Waals surface area (Å²) < 4.78 is 10.5. The van der Waals surface area contributed by atoms with Gasteiger partial charge in [-0.2, -0.15) is 0 Å². The van der Waals surface area contributed by atoms with Gasteiger partial charge >= 0.3 is 6.03 Å². The smallest absolute Gasteiger partial charge is 0.324 e. The third-order valence-corrected chi connectivity index (χ3v) is 4.53. The molecule has 1 aromatic carbocycles. The molecule has 0 saturated carbocycles. The third-order valence-electron chi connectivity index (χ3n) is 4.53. The molecule has 152 valence electrons. The van der Waals surface area contributed by atoms with Gasteiger partial charge in [0.15, 0.2) is 11.5 Å². The summed E-state index contributed by atoms with van der Waals surface area (Å²) in [5, 5.41) is 5.24. The lowest BCUT2D eigenvalue weighted by molar-refractivity contribution is -0.129. The van der Waals surface area contributed by atoms with Crippen LogP contribution in [0.25, 0.3) is 0 Å². The first-order valence-electron chi connectivity index (χ1n) is 9.04. The average Bonchev–Trinajstić information content (AvgIpc) is 2.99. The van der Waals surface area contributed by atoms with Gasteiger partial charge in [-0.15, -0.1) is 0 Å². The van der Waals surface area contributed by atoms with Crippen molar-refractivity contribution >= 4 is 23.5 Å². The molecule has 9 nitrogen and oxygen atoms in total. The number of amides is 4. The fourth-order valence-electron chi connectivity index (χ4n) is 3.04. The highest BCUT2D eigenvalue weighted by molar-refractivity contribution is 6.06. The van der Waals surface area contributed by atoms with E-state index in [4.69, 9.17) is 9.47 Å². The fraction of sp³-hybridized carbons (Fsp3) is 0.300. The Bertz CT molecular complexity index is 903. The Morgan fingerprint density at radius 2 is 1.86 bits per heavy atom. The summed E-state index contributed by atoms with van der Waals surface area (Å²) in [4.78, 5) is 41.9. The molecule has 2 heterocycles. The predicted octanol–water partition coefficient (Wildman–Crippen LogP) is 1.59. The number of nitrogens with zero attached hydrogens (tertiary/aromatic N) is 2. The van der Waals surface area contributed by atoms with Crippen LogP contribution in [-0.2, 0) is 16.0 Å². The van der Waals surface area contributed by atoms with Crippen molar-refractivity contribution in [3.63, 3.8) is 0 Å². The number of pyridine rings is 1. The van der Waals surface area contributed by atoms with Crippen LogP contribution in [0.1, 0.15) is 12.0 Å². The van der Waals surface area contributed by atoms with E-state index in [-0.39, 0.29) is 18.9 Å². The van der Waals surface area contributed by atoms with Gasteiger partial charge in [0.1, 0.15) is 6.04 Å². The molecule has 4 amide bonds. The number of carbonyl (C=O) groups excluding carboxylic acids is 3. The van der Waals surface area contributed by atoms with Crippen LogP contribution in [0.3, 0.4) is 0 Å². The van der Waals surface area contributed by atoms with Crippen molar-refractivity contribution in [2.75, 3.05) is 26.1 Å². The van der Waals surface area contributed by atoms with E-state index in [0.29, 0.717) is 23.6 Å². The molecule has 2 aromatic rings. The maximum absolute atomic E-state index is 12.6. The standard InChI is InChI=1S/C20H22N4O5/c1-28-16-4-3-13(11-17(16)29-2)7-10-24-19(26)15(23-20(24)27)12-18(25)22-14-5-8-21-9-6-14/h3-6,8-9,11,15H,7,10,12H2,1-2H3,(H,23,27)(H,21,22,25). The first-order valence-corrected chi connectivity index (χ1v) is 9.04. The number of nitrogens with one attached hydrogen (secondary N) is 2. The highest BCUT2D eigenvalue weighted by Crippen LogP contribution is 2.27. The molecule has 1 aliphatic heterocycles. The molecule has 1 aromatic heterocycles. The molecule has 1 fully saturated rings. The number of hydrogen-bond donors (Lipinski definition) is 2. The lowest BCUT2D eigenvalue weighted by Crippen LogP contribution is -2.34. The van der Waals surface area contributed by atoms with Crippen molar-refractivity contribution in [2.45, 2.75) is 18.9 Å². The molecule has 1 atom stereocenters. The van der Waals surface area contributed by atoms with Crippen LogP contribution >= 0.6 is 0 Å². The minimum atomic E-state index is -0.880. The third kappa shape index (κ3) is 4.81. The van der Waals surface area contributed by atoms with Gasteiger partial charge in [0.2, 0.25) is 5.91 Å². The summed E-state index contributed by atoms with van der Waals surface area (Å²) in [6, 6.07) is 7.32. The van der Waals surface area contributed by atoms with E-state index < -0.39 is 18.0 Å². The number of urea groups is 1. The highest BCUT2D eigenvalue weighted by Gasteiger charge is 2.38. The van der Waals surface area contributed by atoms with Gasteiger partial charge in [0.05, 0.1) is 20.6 Å². The van der Waals surface area contributed by atoms with E-state index in [1.807, 2.05) is 6.07 Å². The lowest BCUT2D eigenvalue weighted by atomic mass is 10.1. The van der Waals surface area contributed by atoms with Gasteiger partial charge in [-0.3, -0.25) is 19.5 Å². The molecule has 29 heavy (non-hydrogen) atoms. The van der Waals surface area contributed by atoms with Gasteiger partial charge in [-0.25, -0.2) is 4.79 Å². The lowest BCUT2D eigenvalue weighted by Gasteiger charge is -2.14. The number of imide groups is 1. The van der Waals surface area contributed by atoms with E-state index in [2.05, 4.69) is 15.6 Å². The van der Waals surface area contributed by atoms with Crippen molar-refractivity contribution in [3.05, 3.63) is 48.3 Å². The molecule has 1 saturated heterocycles. The molecular formula is C20H22N4O5. The summed E-state index contributed by atoms with van der Waals surface area (Å²) in [6.45, 7) is 0.197. The summed E-state index contributed by atoms with van der Waals surface area (Å²) in [6.07, 6.45) is 3.41. The maximum atomic E-state index is 12.6. The number of hydrogen-bond acceptors (Lipinski definition) is 6. The predicted molar refractivity (Wildman–Crippen MR) is 105 cm³/mol. The Labute approximate surface area is 168 Å². The number of methoxy groups -OCH3 is 2. The first-order chi connectivity index (χ1) is 14.0. The second-order valence-electron chi connectivity index (χ2n) is 6.42. The largest absolute Gasteiger partial charge is 0.493 e. The Kier molecular flexibility index (Phi) is 6.28. The van der Waals surface area contributed by atoms with Crippen LogP contribution in [0.15, 0.2) is 42.7 Å². The van der Waals surface area contributed by atoms with Crippen LogP contribution in [0.5, 0.6) is 11.5 Å². The van der Waals surface area contributed by atoms with Gasteiger partial charge in [-0.05, 0) is 36.2 Å². The molecule has 1 aliphatic rings. The van der Waals surface area contributed by atoms with E-state index >= 15 is 0 Å². The SMILES string of the molecule is COc1ccc(CCN2C(=O)NC(CC(=O)Nc3ccncc3)C2=O)cc1OC. The zero-order valence-corrected chi connectivity index (χ0v) is 16.2. The van der Waals surface area contributed by atoms with E-state index in [0.717, 1.165) is 10.5 Å². The van der Waals surface area contributed by atoms with Crippen molar-refractivity contribution < 1.29 is 23.9 Å². The van der Waals surface area contributed by atoms with E-state index in [9.17, 15) is 14.4 Å². The minimum Gasteiger partial charge on any atom is -0.493 e. The Morgan fingerprint density at radius 1 is 1.14 bits per heavy atom. The molecule has 3 rings (SSSR count). The number of benzene rings is 1. The van der Waals surface area contributed by atoms with Gasteiger partial charge in [-0.1, -0.05) is 6.07 Å². The number of ether oxygens (including phenoxy) is 2. The van der Waals surface area contributed by atoms with E-state index in [1.165, 1.54) is 0 Å². The van der Waals surface area contributed by atoms with Gasteiger partial charge in [0.25, 0.3) is 5.91 Å². The Morgan fingerprint density at radius 3 is 2.55 bits per heavy atom. The monoisotopic (exact) mass is 398 g/mol. The molecule has 9 heteroatoms. The van der Waals surface area contributed by atoms with E-state index in [1.54, 1.807) is 50.9 Å². The molecule has 0 bridgehead atoms. The summed E-state index contributed by atoms with van der Waals surface area (Å²) in [5.41, 5.74) is 1.47. The maximum Gasteiger partial charge on any atom is 0.324 e. The van der Waals surface area contributed by atoms with Crippen LogP contribution in [-0.4, -0.2) is 54.5 Å². The Hall–Kier alpha value is -3.62. The fourth-order valence-corrected chi connectivity index (χ4v) is 3.04. The topological polar surface area (TPSA) is 110 Å². The van der Waals surface area contributed by atoms with Gasteiger partial charge < -0.3 is 20.1 Å². The zero-order valence-electron chi connectivity index (χ0n) is 16.2. The normalized spacial score (nSPS) is 15.8. The van der Waals surface area contributed by atoms with Crippen molar-refractivity contribution in [1.29, 1.82) is 0 Å².